The molecule has 0 fully saturated rings. The molecule has 0 radical (unpaired) electrons. The molecule has 20 heavy (non-hydrogen) atoms. The summed E-state index contributed by atoms with van der Waals surface area (Å²) in [6, 6.07) is 13.7. The Morgan fingerprint density at radius 2 is 1.50 bits per heavy atom. The lowest BCUT2D eigenvalue weighted by atomic mass is 10.2. The Kier molecular flexibility index (Phi) is 3.60. The number of aromatic nitrogens is 3. The van der Waals surface area contributed by atoms with Crippen LogP contribution >= 0.6 is 0 Å². The van der Waals surface area contributed by atoms with Crippen molar-refractivity contribution in [3.05, 3.63) is 78.4 Å². The van der Waals surface area contributed by atoms with Crippen molar-refractivity contribution < 1.29 is 0 Å². The second-order valence-electron chi connectivity index (χ2n) is 4.31. The number of nitrogens with zero attached hydrogens (tertiary/aromatic N) is 3. The number of rotatable bonds is 3. The molecular formula is C17H13N3. The number of pyridine rings is 3. The molecule has 0 aliphatic heterocycles. The maximum Gasteiger partial charge on any atom is 0.0886 e. The summed E-state index contributed by atoms with van der Waals surface area (Å²) >= 11 is 0. The summed E-state index contributed by atoms with van der Waals surface area (Å²) in [4.78, 5) is 12.8. The number of hydrogen-bond acceptors (Lipinski definition) is 3. The molecule has 0 N–H and O–H groups in total. The Balaban J connectivity index is 1.79. The predicted molar refractivity (Wildman–Crippen MR) is 80.6 cm³/mol. The van der Waals surface area contributed by atoms with Crippen LogP contribution in [0.4, 0.5) is 0 Å². The molecule has 3 heterocycles. The molecule has 0 unspecified atom stereocenters. The van der Waals surface area contributed by atoms with Crippen LogP contribution in [0.25, 0.3) is 23.5 Å². The van der Waals surface area contributed by atoms with E-state index in [9.17, 15) is 0 Å². The van der Waals surface area contributed by atoms with Gasteiger partial charge in [0.15, 0.2) is 0 Å². The summed E-state index contributed by atoms with van der Waals surface area (Å²) in [5.41, 5.74) is 3.88. The first-order chi connectivity index (χ1) is 9.92. The van der Waals surface area contributed by atoms with Gasteiger partial charge in [0.2, 0.25) is 0 Å². The molecule has 3 heteroatoms. The molecule has 3 rings (SSSR count). The van der Waals surface area contributed by atoms with Crippen molar-refractivity contribution in [1.29, 1.82) is 0 Å². The third kappa shape index (κ3) is 2.95. The molecule has 0 saturated heterocycles. The lowest BCUT2D eigenvalue weighted by Crippen LogP contribution is -1.86. The van der Waals surface area contributed by atoms with Crippen LogP contribution in [0.5, 0.6) is 0 Å². The third-order valence-corrected chi connectivity index (χ3v) is 2.87. The zero-order chi connectivity index (χ0) is 13.6. The van der Waals surface area contributed by atoms with Gasteiger partial charge >= 0.3 is 0 Å². The van der Waals surface area contributed by atoms with Gasteiger partial charge in [-0.2, -0.15) is 0 Å². The number of hydrogen-bond donors (Lipinski definition) is 0. The highest BCUT2D eigenvalue weighted by atomic mass is 14.8. The van der Waals surface area contributed by atoms with E-state index >= 15 is 0 Å². The van der Waals surface area contributed by atoms with Crippen LogP contribution in [-0.4, -0.2) is 15.0 Å². The average Bonchev–Trinajstić information content (AvgIpc) is 2.55. The van der Waals surface area contributed by atoms with Crippen molar-refractivity contribution in [3.63, 3.8) is 0 Å². The Bertz CT molecular complexity index is 689. The average molecular weight is 259 g/mol. The van der Waals surface area contributed by atoms with Gasteiger partial charge in [-0.1, -0.05) is 30.4 Å². The molecule has 0 amide bonds. The summed E-state index contributed by atoms with van der Waals surface area (Å²) < 4.78 is 0. The molecule has 0 aliphatic carbocycles. The van der Waals surface area contributed by atoms with Gasteiger partial charge in [-0.05, 0) is 35.4 Å². The van der Waals surface area contributed by atoms with E-state index in [1.165, 1.54) is 0 Å². The van der Waals surface area contributed by atoms with Crippen molar-refractivity contribution in [2.45, 2.75) is 0 Å². The van der Waals surface area contributed by atoms with Gasteiger partial charge < -0.3 is 0 Å². The van der Waals surface area contributed by atoms with Crippen molar-refractivity contribution in [3.8, 4) is 11.4 Å². The first-order valence-electron chi connectivity index (χ1n) is 6.37. The van der Waals surface area contributed by atoms with E-state index in [4.69, 9.17) is 0 Å². The van der Waals surface area contributed by atoms with E-state index in [2.05, 4.69) is 15.0 Å². The maximum atomic E-state index is 4.43. The minimum atomic E-state index is 0.879. The molecule has 0 bridgehead atoms. The van der Waals surface area contributed by atoms with Gasteiger partial charge in [-0.15, -0.1) is 0 Å². The smallest absolute Gasteiger partial charge is 0.0886 e. The van der Waals surface area contributed by atoms with Crippen LogP contribution in [0.15, 0.2) is 67.3 Å². The standard InChI is InChI=1S/C17H13N3/c1-2-11-19-16(5-1)17-9-8-15(13-20-17)7-6-14-4-3-10-18-12-14/h1-13H/b7-6+. The second-order valence-corrected chi connectivity index (χ2v) is 4.31. The zero-order valence-electron chi connectivity index (χ0n) is 10.8. The highest BCUT2D eigenvalue weighted by Crippen LogP contribution is 2.14. The van der Waals surface area contributed by atoms with Gasteiger partial charge in [0.1, 0.15) is 0 Å². The molecule has 96 valence electrons. The zero-order valence-corrected chi connectivity index (χ0v) is 10.8. The Morgan fingerprint density at radius 1 is 0.650 bits per heavy atom. The van der Waals surface area contributed by atoms with E-state index in [0.717, 1.165) is 22.5 Å². The summed E-state index contributed by atoms with van der Waals surface area (Å²) in [5.74, 6) is 0. The predicted octanol–water partition coefficient (Wildman–Crippen LogP) is 3.71. The largest absolute Gasteiger partial charge is 0.264 e. The van der Waals surface area contributed by atoms with Gasteiger partial charge in [-0.25, -0.2) is 0 Å². The van der Waals surface area contributed by atoms with Crippen molar-refractivity contribution in [2.24, 2.45) is 0 Å². The van der Waals surface area contributed by atoms with E-state index < -0.39 is 0 Å². The second kappa shape index (κ2) is 5.89. The van der Waals surface area contributed by atoms with Crippen molar-refractivity contribution in [1.82, 2.24) is 15.0 Å². The molecule has 0 atom stereocenters. The van der Waals surface area contributed by atoms with Gasteiger partial charge in [0, 0.05) is 24.8 Å². The monoisotopic (exact) mass is 259 g/mol. The summed E-state index contributed by atoms with van der Waals surface area (Å²) in [6.45, 7) is 0. The molecular weight excluding hydrogens is 246 g/mol. The van der Waals surface area contributed by atoms with Crippen LogP contribution in [0.2, 0.25) is 0 Å². The van der Waals surface area contributed by atoms with Gasteiger partial charge in [0.05, 0.1) is 11.4 Å². The molecule has 0 spiro atoms. The topological polar surface area (TPSA) is 38.7 Å². The van der Waals surface area contributed by atoms with Crippen LogP contribution in [0.1, 0.15) is 11.1 Å². The van der Waals surface area contributed by atoms with Crippen LogP contribution < -0.4 is 0 Å². The Labute approximate surface area is 117 Å². The summed E-state index contributed by atoms with van der Waals surface area (Å²) in [7, 11) is 0. The quantitative estimate of drug-likeness (QED) is 0.719. The molecule has 3 nitrogen and oxygen atoms in total. The minimum absolute atomic E-state index is 0.879. The third-order valence-electron chi connectivity index (χ3n) is 2.87. The molecule has 0 aliphatic rings. The van der Waals surface area contributed by atoms with E-state index in [-0.39, 0.29) is 0 Å². The first kappa shape index (κ1) is 12.2. The van der Waals surface area contributed by atoms with Crippen LogP contribution in [0.3, 0.4) is 0 Å². The van der Waals surface area contributed by atoms with Crippen molar-refractivity contribution in [2.75, 3.05) is 0 Å². The summed E-state index contributed by atoms with van der Waals surface area (Å²) in [5, 5.41) is 0. The van der Waals surface area contributed by atoms with Crippen LogP contribution in [0, 0.1) is 0 Å². The van der Waals surface area contributed by atoms with Gasteiger partial charge in [0.25, 0.3) is 0 Å². The lowest BCUT2D eigenvalue weighted by molar-refractivity contribution is 1.24. The Morgan fingerprint density at radius 3 is 2.15 bits per heavy atom. The van der Waals surface area contributed by atoms with Crippen molar-refractivity contribution >= 4 is 12.2 Å². The normalized spacial score (nSPS) is 10.8. The first-order valence-corrected chi connectivity index (χ1v) is 6.37. The summed E-state index contributed by atoms with van der Waals surface area (Å²) in [6.07, 6.45) is 11.2. The molecule has 0 aromatic carbocycles. The highest BCUT2D eigenvalue weighted by Gasteiger charge is 1.98. The molecule has 3 aromatic rings. The molecule has 3 aromatic heterocycles. The lowest BCUT2D eigenvalue weighted by Gasteiger charge is -1.99. The van der Waals surface area contributed by atoms with Crippen LogP contribution in [-0.2, 0) is 0 Å². The fourth-order valence-electron chi connectivity index (χ4n) is 1.84. The minimum Gasteiger partial charge on any atom is -0.264 e. The van der Waals surface area contributed by atoms with Gasteiger partial charge in [-0.3, -0.25) is 15.0 Å². The fourth-order valence-corrected chi connectivity index (χ4v) is 1.84. The fraction of sp³-hybridized carbons (Fsp3) is 0. The van der Waals surface area contributed by atoms with E-state index in [0.29, 0.717) is 0 Å². The SMILES string of the molecule is C(=C\c1ccc(-c2ccccn2)nc1)/c1cccnc1. The maximum absolute atomic E-state index is 4.43. The van der Waals surface area contributed by atoms with E-state index in [1.807, 2.05) is 67.0 Å². The van der Waals surface area contributed by atoms with E-state index in [1.54, 1.807) is 12.4 Å². The highest BCUT2D eigenvalue weighted by molar-refractivity contribution is 5.69. The Hall–Kier alpha value is -2.81. The molecule has 0 saturated carbocycles.